The molecule has 1 aliphatic carbocycles. The molecule has 0 aliphatic heterocycles. The Morgan fingerprint density at radius 2 is 1.95 bits per heavy atom. The smallest absolute Gasteiger partial charge is 0.129 e. The highest BCUT2D eigenvalue weighted by Crippen LogP contribution is 2.50. The van der Waals surface area contributed by atoms with E-state index in [4.69, 9.17) is 5.73 Å². The van der Waals surface area contributed by atoms with Crippen LogP contribution in [0.4, 0.5) is 4.39 Å². The maximum atomic E-state index is 14.0. The maximum absolute atomic E-state index is 14.0. The summed E-state index contributed by atoms with van der Waals surface area (Å²) < 4.78 is 14.0. The summed E-state index contributed by atoms with van der Waals surface area (Å²) in [5, 5.41) is 11.0. The Morgan fingerprint density at radius 3 is 2.47 bits per heavy atom. The van der Waals surface area contributed by atoms with Crippen LogP contribution < -0.4 is 5.73 Å². The van der Waals surface area contributed by atoms with Gasteiger partial charge >= 0.3 is 0 Å². The van der Waals surface area contributed by atoms with Crippen LogP contribution in [0.2, 0.25) is 0 Å². The minimum atomic E-state index is -1.22. The molecule has 1 aliphatic rings. The zero-order valence-electron chi connectivity index (χ0n) is 11.8. The molecule has 2 nitrogen and oxygen atoms in total. The molecule has 1 saturated carbocycles. The van der Waals surface area contributed by atoms with Gasteiger partial charge in [0.1, 0.15) is 5.82 Å². The van der Waals surface area contributed by atoms with Crippen LogP contribution in [0.25, 0.3) is 0 Å². The Kier molecular flexibility index (Phi) is 3.98. The third kappa shape index (κ3) is 2.41. The van der Waals surface area contributed by atoms with Crippen LogP contribution >= 0.6 is 0 Å². The van der Waals surface area contributed by atoms with Gasteiger partial charge in [-0.15, -0.1) is 0 Å². The van der Waals surface area contributed by atoms with E-state index in [9.17, 15) is 9.50 Å². The summed E-state index contributed by atoms with van der Waals surface area (Å²) in [6.07, 6.45) is 3.79. The molecule has 0 amide bonds. The van der Waals surface area contributed by atoms with Crippen molar-refractivity contribution in [3.05, 3.63) is 35.6 Å². The fourth-order valence-corrected chi connectivity index (χ4v) is 3.35. The number of aliphatic hydroxyl groups is 1. The van der Waals surface area contributed by atoms with Crippen molar-refractivity contribution in [3.8, 4) is 0 Å². The molecule has 1 atom stereocenters. The number of halogens is 1. The van der Waals surface area contributed by atoms with Crippen molar-refractivity contribution in [2.75, 3.05) is 6.54 Å². The molecule has 0 saturated heterocycles. The first kappa shape index (κ1) is 14.5. The van der Waals surface area contributed by atoms with E-state index in [1.54, 1.807) is 25.1 Å². The van der Waals surface area contributed by atoms with Crippen molar-refractivity contribution < 1.29 is 9.50 Å². The number of hydrogen-bond acceptors (Lipinski definition) is 2. The zero-order valence-corrected chi connectivity index (χ0v) is 11.8. The van der Waals surface area contributed by atoms with E-state index in [-0.39, 0.29) is 5.82 Å². The average Bonchev–Trinajstić information content (AvgIpc) is 2.40. The molecule has 1 aromatic carbocycles. The van der Waals surface area contributed by atoms with Gasteiger partial charge in [-0.1, -0.05) is 38.0 Å². The third-order valence-electron chi connectivity index (χ3n) is 5.05. The van der Waals surface area contributed by atoms with Crippen molar-refractivity contribution in [3.63, 3.8) is 0 Å². The first-order valence-corrected chi connectivity index (χ1v) is 7.10. The summed E-state index contributed by atoms with van der Waals surface area (Å²) in [7, 11) is 0. The van der Waals surface area contributed by atoms with Crippen molar-refractivity contribution in [2.45, 2.75) is 45.1 Å². The second-order valence-corrected chi connectivity index (χ2v) is 6.22. The topological polar surface area (TPSA) is 46.2 Å². The Balaban J connectivity index is 2.39. The quantitative estimate of drug-likeness (QED) is 0.881. The lowest BCUT2D eigenvalue weighted by Crippen LogP contribution is -2.50. The molecular formula is C16H24FNO. The standard InChI is InChI=1S/C16H24FNO/c1-12-7-9-16(11-18,10-8-12)15(2,19)13-5-3-4-6-14(13)17/h3-6,12,19H,7-11,18H2,1-2H3. The number of rotatable bonds is 3. The van der Waals surface area contributed by atoms with Gasteiger partial charge in [0.2, 0.25) is 0 Å². The van der Waals surface area contributed by atoms with Crippen LogP contribution in [0.1, 0.15) is 45.1 Å². The van der Waals surface area contributed by atoms with Crippen molar-refractivity contribution in [2.24, 2.45) is 17.1 Å². The minimum absolute atomic E-state index is 0.348. The van der Waals surface area contributed by atoms with Gasteiger partial charge in [0.15, 0.2) is 0 Å². The van der Waals surface area contributed by atoms with E-state index in [0.717, 1.165) is 25.7 Å². The Morgan fingerprint density at radius 1 is 1.37 bits per heavy atom. The van der Waals surface area contributed by atoms with Crippen molar-refractivity contribution in [1.82, 2.24) is 0 Å². The van der Waals surface area contributed by atoms with E-state index in [1.807, 2.05) is 0 Å². The lowest BCUT2D eigenvalue weighted by atomic mass is 9.60. The van der Waals surface area contributed by atoms with Gasteiger partial charge in [-0.3, -0.25) is 0 Å². The number of benzene rings is 1. The molecule has 0 spiro atoms. The highest BCUT2D eigenvalue weighted by molar-refractivity contribution is 5.27. The van der Waals surface area contributed by atoms with E-state index in [1.165, 1.54) is 6.07 Å². The lowest BCUT2D eigenvalue weighted by Gasteiger charge is -2.49. The Labute approximate surface area is 114 Å². The second-order valence-electron chi connectivity index (χ2n) is 6.22. The fraction of sp³-hybridized carbons (Fsp3) is 0.625. The molecule has 1 aromatic rings. The largest absolute Gasteiger partial charge is 0.385 e. The first-order chi connectivity index (χ1) is 8.93. The third-order valence-corrected chi connectivity index (χ3v) is 5.05. The van der Waals surface area contributed by atoms with E-state index < -0.39 is 11.0 Å². The van der Waals surface area contributed by atoms with Gasteiger partial charge in [0.05, 0.1) is 5.60 Å². The molecule has 1 unspecified atom stereocenters. The summed E-state index contributed by atoms with van der Waals surface area (Å²) in [5.74, 6) is 0.315. The molecule has 0 heterocycles. The highest BCUT2D eigenvalue weighted by Gasteiger charge is 2.49. The number of nitrogens with two attached hydrogens (primary N) is 1. The van der Waals surface area contributed by atoms with E-state index >= 15 is 0 Å². The van der Waals surface area contributed by atoms with Crippen molar-refractivity contribution in [1.29, 1.82) is 0 Å². The monoisotopic (exact) mass is 265 g/mol. The van der Waals surface area contributed by atoms with Crippen LogP contribution in [0.15, 0.2) is 24.3 Å². The SMILES string of the molecule is CC1CCC(CN)(C(C)(O)c2ccccc2F)CC1. The molecular weight excluding hydrogens is 241 g/mol. The van der Waals surface area contributed by atoms with Crippen LogP contribution in [-0.4, -0.2) is 11.7 Å². The van der Waals surface area contributed by atoms with E-state index in [2.05, 4.69) is 6.92 Å². The normalized spacial score (nSPS) is 30.9. The molecule has 0 bridgehead atoms. The second kappa shape index (κ2) is 5.22. The van der Waals surface area contributed by atoms with Gasteiger partial charge in [0.25, 0.3) is 0 Å². The van der Waals surface area contributed by atoms with Crippen molar-refractivity contribution >= 4 is 0 Å². The molecule has 3 N–H and O–H groups in total. The summed E-state index contributed by atoms with van der Waals surface area (Å²) in [5.41, 5.74) is 4.72. The predicted octanol–water partition coefficient (Wildman–Crippen LogP) is 3.19. The molecule has 0 radical (unpaired) electrons. The average molecular weight is 265 g/mol. The van der Waals surface area contributed by atoms with E-state index in [0.29, 0.717) is 18.0 Å². The van der Waals surface area contributed by atoms with Crippen LogP contribution in [-0.2, 0) is 5.60 Å². The molecule has 0 aromatic heterocycles. The minimum Gasteiger partial charge on any atom is -0.385 e. The lowest BCUT2D eigenvalue weighted by molar-refractivity contribution is -0.0990. The fourth-order valence-electron chi connectivity index (χ4n) is 3.35. The Hall–Kier alpha value is -0.930. The Bertz CT molecular complexity index is 436. The van der Waals surface area contributed by atoms with Crippen LogP contribution in [0.3, 0.4) is 0 Å². The molecule has 1 fully saturated rings. The summed E-state index contributed by atoms with van der Waals surface area (Å²) in [4.78, 5) is 0. The van der Waals surface area contributed by atoms with Crippen LogP contribution in [0, 0.1) is 17.2 Å². The number of hydrogen-bond donors (Lipinski definition) is 2. The van der Waals surface area contributed by atoms with Gasteiger partial charge in [-0.05, 0) is 31.7 Å². The van der Waals surface area contributed by atoms with Gasteiger partial charge in [0, 0.05) is 17.5 Å². The molecule has 19 heavy (non-hydrogen) atoms. The first-order valence-electron chi connectivity index (χ1n) is 7.10. The summed E-state index contributed by atoms with van der Waals surface area (Å²) in [6.45, 7) is 4.33. The summed E-state index contributed by atoms with van der Waals surface area (Å²) in [6, 6.07) is 6.49. The molecule has 106 valence electrons. The molecule has 3 heteroatoms. The summed E-state index contributed by atoms with van der Waals surface area (Å²) >= 11 is 0. The van der Waals surface area contributed by atoms with Crippen LogP contribution in [0.5, 0.6) is 0 Å². The van der Waals surface area contributed by atoms with Gasteiger partial charge in [-0.2, -0.15) is 0 Å². The highest BCUT2D eigenvalue weighted by atomic mass is 19.1. The predicted molar refractivity (Wildman–Crippen MR) is 75.1 cm³/mol. The maximum Gasteiger partial charge on any atom is 0.129 e. The molecule has 2 rings (SSSR count). The zero-order chi connectivity index (χ0) is 14.1. The van der Waals surface area contributed by atoms with Gasteiger partial charge in [-0.25, -0.2) is 4.39 Å². The van der Waals surface area contributed by atoms with Gasteiger partial charge < -0.3 is 10.8 Å².